The van der Waals surface area contributed by atoms with Crippen LogP contribution in [0.1, 0.15) is 31.0 Å². The van der Waals surface area contributed by atoms with Gasteiger partial charge in [0.15, 0.2) is 0 Å². The zero-order valence-electron chi connectivity index (χ0n) is 14.3. The fourth-order valence-corrected chi connectivity index (χ4v) is 2.25. The van der Waals surface area contributed by atoms with Gasteiger partial charge in [-0.25, -0.2) is 0 Å². The van der Waals surface area contributed by atoms with Gasteiger partial charge in [-0.3, -0.25) is 4.79 Å². The van der Waals surface area contributed by atoms with Crippen molar-refractivity contribution in [3.63, 3.8) is 0 Å². The van der Waals surface area contributed by atoms with Gasteiger partial charge >= 0.3 is 0 Å². The predicted molar refractivity (Wildman–Crippen MR) is 96.2 cm³/mol. The highest BCUT2D eigenvalue weighted by atomic mass is 16.5. The maximum atomic E-state index is 12.0. The Morgan fingerprint density at radius 2 is 1.71 bits per heavy atom. The number of ether oxygens (including phenoxy) is 2. The van der Waals surface area contributed by atoms with Gasteiger partial charge in [-0.1, -0.05) is 24.3 Å². The number of rotatable bonds is 7. The van der Waals surface area contributed by atoms with Crippen molar-refractivity contribution in [1.82, 2.24) is 5.32 Å². The summed E-state index contributed by atoms with van der Waals surface area (Å²) in [4.78, 5) is 12.0. The molecule has 126 valence electrons. The molecule has 2 rings (SSSR count). The molecule has 0 aliphatic rings. The van der Waals surface area contributed by atoms with Crippen LogP contribution >= 0.6 is 0 Å². The van der Waals surface area contributed by atoms with E-state index in [2.05, 4.69) is 5.32 Å². The molecule has 2 aromatic rings. The van der Waals surface area contributed by atoms with E-state index in [0.29, 0.717) is 6.61 Å². The van der Waals surface area contributed by atoms with E-state index in [1.54, 1.807) is 13.2 Å². The molecule has 1 unspecified atom stereocenters. The molecule has 0 radical (unpaired) electrons. The van der Waals surface area contributed by atoms with E-state index in [4.69, 9.17) is 9.47 Å². The number of carbonyl (C=O) groups excluding carboxylic acids is 1. The van der Waals surface area contributed by atoms with Crippen molar-refractivity contribution in [3.05, 3.63) is 65.7 Å². The Hall–Kier alpha value is -2.75. The van der Waals surface area contributed by atoms with Gasteiger partial charge in [0.1, 0.15) is 11.5 Å². The molecule has 0 saturated carbocycles. The van der Waals surface area contributed by atoms with Crippen LogP contribution in [0.5, 0.6) is 11.5 Å². The largest absolute Gasteiger partial charge is 0.497 e. The molecular weight excluding hydrogens is 302 g/mol. The minimum Gasteiger partial charge on any atom is -0.497 e. The van der Waals surface area contributed by atoms with Gasteiger partial charge in [-0.05, 0) is 55.3 Å². The maximum Gasteiger partial charge on any atom is 0.244 e. The topological polar surface area (TPSA) is 47.6 Å². The highest BCUT2D eigenvalue weighted by Gasteiger charge is 2.07. The summed E-state index contributed by atoms with van der Waals surface area (Å²) in [5.74, 6) is 1.49. The first kappa shape index (κ1) is 17.6. The van der Waals surface area contributed by atoms with Crippen LogP contribution in [0.15, 0.2) is 54.6 Å². The molecule has 0 heterocycles. The lowest BCUT2D eigenvalue weighted by atomic mass is 10.1. The van der Waals surface area contributed by atoms with Crippen LogP contribution in [0.2, 0.25) is 0 Å². The summed E-state index contributed by atoms with van der Waals surface area (Å²) in [6.07, 6.45) is 3.31. The van der Waals surface area contributed by atoms with E-state index in [1.165, 1.54) is 6.08 Å². The quantitative estimate of drug-likeness (QED) is 0.783. The summed E-state index contributed by atoms with van der Waals surface area (Å²) >= 11 is 0. The second-order valence-electron chi connectivity index (χ2n) is 5.34. The summed E-state index contributed by atoms with van der Waals surface area (Å²) in [6.45, 7) is 4.54. The van der Waals surface area contributed by atoms with Crippen LogP contribution in [0.25, 0.3) is 6.08 Å². The molecule has 0 aliphatic carbocycles. The van der Waals surface area contributed by atoms with Crippen LogP contribution in [-0.2, 0) is 4.79 Å². The smallest absolute Gasteiger partial charge is 0.244 e. The first-order valence-corrected chi connectivity index (χ1v) is 7.97. The molecule has 0 spiro atoms. The fraction of sp³-hybridized carbons (Fsp3) is 0.250. The van der Waals surface area contributed by atoms with E-state index in [-0.39, 0.29) is 11.9 Å². The minimum absolute atomic E-state index is 0.0753. The zero-order valence-corrected chi connectivity index (χ0v) is 14.3. The Balaban J connectivity index is 1.91. The van der Waals surface area contributed by atoms with Crippen LogP contribution in [0.3, 0.4) is 0 Å². The third-order valence-corrected chi connectivity index (χ3v) is 3.59. The third-order valence-electron chi connectivity index (χ3n) is 3.59. The van der Waals surface area contributed by atoms with Crippen molar-refractivity contribution in [2.45, 2.75) is 19.9 Å². The summed E-state index contributed by atoms with van der Waals surface area (Å²) in [7, 11) is 1.63. The number of hydrogen-bond donors (Lipinski definition) is 1. The average molecular weight is 325 g/mol. The summed E-state index contributed by atoms with van der Waals surface area (Å²) in [5, 5.41) is 2.95. The molecule has 0 aromatic heterocycles. The normalized spacial score (nSPS) is 12.0. The second-order valence-corrected chi connectivity index (χ2v) is 5.34. The molecule has 1 amide bonds. The Morgan fingerprint density at radius 3 is 2.29 bits per heavy atom. The van der Waals surface area contributed by atoms with Gasteiger partial charge in [0.05, 0.1) is 19.8 Å². The number of amides is 1. The molecule has 1 atom stereocenters. The van der Waals surface area contributed by atoms with Gasteiger partial charge in [0.2, 0.25) is 5.91 Å². The maximum absolute atomic E-state index is 12.0. The van der Waals surface area contributed by atoms with E-state index in [1.807, 2.05) is 62.4 Å². The highest BCUT2D eigenvalue weighted by molar-refractivity contribution is 5.91. The van der Waals surface area contributed by atoms with Crippen molar-refractivity contribution in [2.24, 2.45) is 0 Å². The van der Waals surface area contributed by atoms with Gasteiger partial charge in [-0.15, -0.1) is 0 Å². The summed E-state index contributed by atoms with van der Waals surface area (Å²) in [6, 6.07) is 15.2. The van der Waals surface area contributed by atoms with Crippen molar-refractivity contribution < 1.29 is 14.3 Å². The monoisotopic (exact) mass is 325 g/mol. The zero-order chi connectivity index (χ0) is 17.4. The Bertz CT molecular complexity index is 675. The average Bonchev–Trinajstić information content (AvgIpc) is 2.61. The first-order valence-electron chi connectivity index (χ1n) is 7.97. The van der Waals surface area contributed by atoms with Crippen molar-refractivity contribution in [2.75, 3.05) is 13.7 Å². The third kappa shape index (κ3) is 5.16. The lowest BCUT2D eigenvalue weighted by Crippen LogP contribution is -2.24. The standard InChI is InChI=1S/C20H23NO3/c1-4-24-19-12-8-17(9-13-19)15(2)21-20(22)14-7-16-5-10-18(23-3)11-6-16/h5-15H,4H2,1-3H3,(H,21,22)/b14-7+. The fourth-order valence-electron chi connectivity index (χ4n) is 2.25. The van der Waals surface area contributed by atoms with Crippen LogP contribution < -0.4 is 14.8 Å². The minimum atomic E-state index is -0.132. The van der Waals surface area contributed by atoms with E-state index < -0.39 is 0 Å². The van der Waals surface area contributed by atoms with E-state index in [9.17, 15) is 4.79 Å². The molecule has 0 saturated heterocycles. The Labute approximate surface area is 143 Å². The van der Waals surface area contributed by atoms with Crippen LogP contribution in [-0.4, -0.2) is 19.6 Å². The number of benzene rings is 2. The molecule has 4 nitrogen and oxygen atoms in total. The van der Waals surface area contributed by atoms with Gasteiger partial charge in [0, 0.05) is 6.08 Å². The predicted octanol–water partition coefficient (Wildman–Crippen LogP) is 3.98. The molecule has 0 aliphatic heterocycles. The Kier molecular flexibility index (Phi) is 6.43. The summed E-state index contributed by atoms with van der Waals surface area (Å²) < 4.78 is 10.5. The Morgan fingerprint density at radius 1 is 1.08 bits per heavy atom. The van der Waals surface area contributed by atoms with Crippen molar-refractivity contribution in [3.8, 4) is 11.5 Å². The van der Waals surface area contributed by atoms with Crippen LogP contribution in [0, 0.1) is 0 Å². The van der Waals surface area contributed by atoms with E-state index >= 15 is 0 Å². The molecule has 24 heavy (non-hydrogen) atoms. The lowest BCUT2D eigenvalue weighted by molar-refractivity contribution is -0.117. The second kappa shape index (κ2) is 8.77. The van der Waals surface area contributed by atoms with Gasteiger partial charge in [0.25, 0.3) is 0 Å². The molecule has 0 fully saturated rings. The van der Waals surface area contributed by atoms with Gasteiger partial charge in [-0.2, -0.15) is 0 Å². The SMILES string of the molecule is CCOc1ccc(C(C)NC(=O)/C=C/c2ccc(OC)cc2)cc1. The number of hydrogen-bond acceptors (Lipinski definition) is 3. The van der Waals surface area contributed by atoms with Gasteiger partial charge < -0.3 is 14.8 Å². The molecule has 0 bridgehead atoms. The summed E-state index contributed by atoms with van der Waals surface area (Å²) in [5.41, 5.74) is 1.98. The number of carbonyl (C=O) groups is 1. The van der Waals surface area contributed by atoms with Crippen molar-refractivity contribution >= 4 is 12.0 Å². The molecule has 4 heteroatoms. The number of methoxy groups -OCH3 is 1. The lowest BCUT2D eigenvalue weighted by Gasteiger charge is -2.13. The molecular formula is C20H23NO3. The number of nitrogens with one attached hydrogen (secondary N) is 1. The first-order chi connectivity index (χ1) is 11.6. The van der Waals surface area contributed by atoms with E-state index in [0.717, 1.165) is 22.6 Å². The van der Waals surface area contributed by atoms with Crippen molar-refractivity contribution in [1.29, 1.82) is 0 Å². The van der Waals surface area contributed by atoms with Crippen LogP contribution in [0.4, 0.5) is 0 Å². The highest BCUT2D eigenvalue weighted by Crippen LogP contribution is 2.18. The molecule has 1 N–H and O–H groups in total. The molecule has 2 aromatic carbocycles.